The van der Waals surface area contributed by atoms with Gasteiger partial charge in [-0.3, -0.25) is 0 Å². The summed E-state index contributed by atoms with van der Waals surface area (Å²) in [5.74, 6) is 1.87. The van der Waals surface area contributed by atoms with Crippen LogP contribution in [0.5, 0.6) is 0 Å². The van der Waals surface area contributed by atoms with E-state index < -0.39 is 5.41 Å². The molecule has 0 atom stereocenters. The maximum absolute atomic E-state index is 5.20. The van der Waals surface area contributed by atoms with Crippen molar-refractivity contribution in [3.05, 3.63) is 398 Å². The van der Waals surface area contributed by atoms with E-state index in [0.717, 1.165) is 77.9 Å². The second kappa shape index (κ2) is 23.5. The van der Waals surface area contributed by atoms with Gasteiger partial charge in [-0.2, -0.15) is 0 Å². The first-order valence-corrected chi connectivity index (χ1v) is 36.4. The lowest BCUT2D eigenvalue weighted by Gasteiger charge is -2.31. The van der Waals surface area contributed by atoms with E-state index in [4.69, 9.17) is 15.0 Å². The Morgan fingerprint density at radius 2 is 0.528 bits per heavy atom. The molecule has 0 fully saturated rings. The average Bonchev–Trinajstić information content (AvgIpc) is 1.50. The van der Waals surface area contributed by atoms with Crippen LogP contribution < -0.4 is 0 Å². The van der Waals surface area contributed by atoms with Crippen molar-refractivity contribution in [2.45, 2.75) is 5.41 Å². The zero-order valence-electron chi connectivity index (χ0n) is 57.5. The molecular weight excluding hydrogens is 1290 g/mol. The minimum absolute atomic E-state index is 0.613. The Labute approximate surface area is 612 Å². The summed E-state index contributed by atoms with van der Waals surface area (Å²) in [6, 6.07) is 138. The fraction of sp³-hybridized carbons (Fsp3) is 0.0100. The van der Waals surface area contributed by atoms with E-state index in [1.807, 2.05) is 36.4 Å². The van der Waals surface area contributed by atoms with Crippen LogP contribution in [0.15, 0.2) is 376 Å². The second-order valence-electron chi connectivity index (χ2n) is 28.1. The normalized spacial score (nSPS) is 12.6. The molecule has 0 radical (unpaired) electrons. The molecular formula is C100H62N6. The maximum Gasteiger partial charge on any atom is 0.164 e. The summed E-state index contributed by atoms with van der Waals surface area (Å²) in [4.78, 5) is 15.4. The van der Waals surface area contributed by atoms with Gasteiger partial charge in [0.15, 0.2) is 17.5 Å². The van der Waals surface area contributed by atoms with Crippen molar-refractivity contribution in [2.75, 3.05) is 0 Å². The van der Waals surface area contributed by atoms with Crippen LogP contribution in [-0.4, -0.2) is 28.7 Å². The smallest absolute Gasteiger partial charge is 0.164 e. The first-order valence-electron chi connectivity index (χ1n) is 36.4. The molecule has 492 valence electrons. The first-order chi connectivity index (χ1) is 52.6. The number of benzene rings is 16. The summed E-state index contributed by atoms with van der Waals surface area (Å²) in [6.45, 7) is 0. The topological polar surface area (TPSA) is 53.5 Å². The maximum atomic E-state index is 5.20. The highest BCUT2D eigenvalue weighted by atomic mass is 15.0. The molecule has 20 aromatic rings. The van der Waals surface area contributed by atoms with Gasteiger partial charge in [0.25, 0.3) is 0 Å². The third-order valence-electron chi connectivity index (χ3n) is 22.5. The molecule has 4 aromatic heterocycles. The lowest BCUT2D eigenvalue weighted by atomic mass is 9.70. The molecule has 16 aromatic carbocycles. The standard InChI is InChI=1S/C100H62N6/c1-6-24-63(25-7-1)67-44-52-92-83(57-67)84-59-70(69-46-53-91-82(58-69)81-38-18-21-42-90(81)104(91)73-34-14-5-15-35-73)47-54-93(84)105(92)74-48-50-79-80-51-49-75(62-89(80)100(88(79)61-74)86-40-19-16-36-77(86)78-37-17-20-41-87(78)100)106-94-55-45-68(64-26-8-2-9-27-64)60-85(94)96-76(39-23-43-95(96)106)71-32-22-33-72(56-71)99-102-97(65-28-10-3-11-29-65)101-98(103-99)66-30-12-4-13-31-66/h1-62H. The summed E-state index contributed by atoms with van der Waals surface area (Å²) in [7, 11) is 0. The van der Waals surface area contributed by atoms with Gasteiger partial charge in [-0.1, -0.05) is 273 Å². The van der Waals surface area contributed by atoms with Crippen molar-refractivity contribution in [3.63, 3.8) is 0 Å². The molecule has 4 heterocycles. The fourth-order valence-corrected chi connectivity index (χ4v) is 17.9. The Hall–Kier alpha value is -14.1. The summed E-state index contributed by atoms with van der Waals surface area (Å²) >= 11 is 0. The minimum Gasteiger partial charge on any atom is -0.309 e. The molecule has 22 rings (SSSR count). The molecule has 0 amide bonds. The van der Waals surface area contributed by atoms with E-state index in [-0.39, 0.29) is 0 Å². The molecule has 0 saturated heterocycles. The third kappa shape index (κ3) is 9.01. The van der Waals surface area contributed by atoms with Crippen LogP contribution >= 0.6 is 0 Å². The van der Waals surface area contributed by atoms with Gasteiger partial charge in [-0.15, -0.1) is 0 Å². The van der Waals surface area contributed by atoms with Crippen LogP contribution in [0.4, 0.5) is 0 Å². The number of aromatic nitrogens is 6. The molecule has 6 heteroatoms. The highest BCUT2D eigenvalue weighted by Crippen LogP contribution is 2.64. The quantitative estimate of drug-likeness (QED) is 0.137. The minimum atomic E-state index is -0.681. The van der Waals surface area contributed by atoms with Crippen LogP contribution in [-0.2, 0) is 5.41 Å². The predicted molar refractivity (Wildman–Crippen MR) is 437 cm³/mol. The van der Waals surface area contributed by atoms with Crippen molar-refractivity contribution < 1.29 is 0 Å². The van der Waals surface area contributed by atoms with Crippen molar-refractivity contribution in [1.82, 2.24) is 28.7 Å². The molecule has 2 aliphatic rings. The van der Waals surface area contributed by atoms with Crippen molar-refractivity contribution in [2.24, 2.45) is 0 Å². The van der Waals surface area contributed by atoms with Gasteiger partial charge in [0.1, 0.15) is 0 Å². The number of rotatable bonds is 10. The highest BCUT2D eigenvalue weighted by molar-refractivity contribution is 6.18. The van der Waals surface area contributed by atoms with Crippen molar-refractivity contribution in [3.8, 4) is 118 Å². The van der Waals surface area contributed by atoms with Crippen LogP contribution in [0.25, 0.3) is 183 Å². The van der Waals surface area contributed by atoms with Crippen LogP contribution in [0.1, 0.15) is 22.3 Å². The molecule has 6 nitrogen and oxygen atoms in total. The van der Waals surface area contributed by atoms with Crippen molar-refractivity contribution >= 4 is 65.4 Å². The number of hydrogen-bond acceptors (Lipinski definition) is 3. The van der Waals surface area contributed by atoms with Gasteiger partial charge < -0.3 is 13.7 Å². The molecule has 0 unspecified atom stereocenters. The Bertz CT molecular complexity index is 6890. The Kier molecular flexibility index (Phi) is 13.2. The van der Waals surface area contributed by atoms with E-state index in [9.17, 15) is 0 Å². The lowest BCUT2D eigenvalue weighted by molar-refractivity contribution is 0.791. The number of fused-ring (bicyclic) bond motifs is 19. The van der Waals surface area contributed by atoms with Gasteiger partial charge in [-0.05, 0) is 192 Å². The zero-order chi connectivity index (χ0) is 69.6. The first kappa shape index (κ1) is 59.6. The van der Waals surface area contributed by atoms with E-state index in [1.165, 1.54) is 110 Å². The molecule has 1 spiro atoms. The third-order valence-corrected chi connectivity index (χ3v) is 22.5. The number of nitrogens with zero attached hydrogens (tertiary/aromatic N) is 6. The molecule has 0 N–H and O–H groups in total. The summed E-state index contributed by atoms with van der Waals surface area (Å²) < 4.78 is 7.44. The highest BCUT2D eigenvalue weighted by Gasteiger charge is 2.52. The zero-order valence-corrected chi connectivity index (χ0v) is 57.5. The van der Waals surface area contributed by atoms with Crippen LogP contribution in [0, 0.1) is 0 Å². The van der Waals surface area contributed by atoms with Crippen LogP contribution in [0.2, 0.25) is 0 Å². The molecule has 0 aliphatic heterocycles. The summed E-state index contributed by atoms with van der Waals surface area (Å²) in [5, 5.41) is 7.20. The predicted octanol–water partition coefficient (Wildman–Crippen LogP) is 25.2. The lowest BCUT2D eigenvalue weighted by Crippen LogP contribution is -2.26. The van der Waals surface area contributed by atoms with E-state index in [0.29, 0.717) is 17.5 Å². The van der Waals surface area contributed by atoms with Gasteiger partial charge in [0, 0.05) is 66.1 Å². The summed E-state index contributed by atoms with van der Waals surface area (Å²) in [6.07, 6.45) is 0. The summed E-state index contributed by atoms with van der Waals surface area (Å²) in [5.41, 5.74) is 31.7. The molecule has 0 saturated carbocycles. The van der Waals surface area contributed by atoms with Gasteiger partial charge in [-0.25, -0.2) is 15.0 Å². The Morgan fingerprint density at radius 3 is 1.07 bits per heavy atom. The van der Waals surface area contributed by atoms with Crippen molar-refractivity contribution in [1.29, 1.82) is 0 Å². The Balaban J connectivity index is 0.730. The van der Waals surface area contributed by atoms with E-state index in [1.54, 1.807) is 0 Å². The van der Waals surface area contributed by atoms with E-state index >= 15 is 0 Å². The fourth-order valence-electron chi connectivity index (χ4n) is 17.9. The molecule has 0 bridgehead atoms. The monoisotopic (exact) mass is 1350 g/mol. The largest absolute Gasteiger partial charge is 0.309 e. The van der Waals surface area contributed by atoms with Crippen LogP contribution in [0.3, 0.4) is 0 Å². The number of hydrogen-bond donors (Lipinski definition) is 0. The van der Waals surface area contributed by atoms with Gasteiger partial charge in [0.2, 0.25) is 0 Å². The van der Waals surface area contributed by atoms with Gasteiger partial charge >= 0.3 is 0 Å². The van der Waals surface area contributed by atoms with Gasteiger partial charge in [0.05, 0.1) is 38.5 Å². The Morgan fingerprint density at radius 1 is 0.179 bits per heavy atom. The van der Waals surface area contributed by atoms with E-state index in [2.05, 4.69) is 353 Å². The SMILES string of the molecule is c1ccc(-c2ccc3c(c2)c2cc(-c4ccc5c(c4)c4ccccc4n5-c4ccccc4)ccc2n3-c2ccc3c(c2)C2(c4ccccc4-c4ccccc42)c2cc(-n4c5ccc(-c6ccccc6)cc5c5c(-c6cccc(-c7nc(-c8ccccc8)nc(-c8ccccc8)n7)c6)cccc54)ccc2-3)cc1. The average molecular weight is 1350 g/mol. The second-order valence-corrected chi connectivity index (χ2v) is 28.1. The number of para-hydroxylation sites is 2. The molecule has 106 heavy (non-hydrogen) atoms. The molecule has 2 aliphatic carbocycles.